The number of hydrogen-bond donors (Lipinski definition) is 2. The van der Waals surface area contributed by atoms with Gasteiger partial charge in [-0.2, -0.15) is 0 Å². The van der Waals surface area contributed by atoms with Crippen LogP contribution in [-0.2, 0) is 13.1 Å². The maximum atomic E-state index is 5.81. The Morgan fingerprint density at radius 1 is 1.28 bits per heavy atom. The lowest BCUT2D eigenvalue weighted by Crippen LogP contribution is -2.36. The third-order valence-electron chi connectivity index (χ3n) is 4.04. The summed E-state index contributed by atoms with van der Waals surface area (Å²) in [5.74, 6) is 2.14. The summed E-state index contributed by atoms with van der Waals surface area (Å²) in [5, 5.41) is 9.87. The number of hydrogen-bond acceptors (Lipinski definition) is 5. The predicted octanol–water partition coefficient (Wildman–Crippen LogP) is 4.08. The molecule has 0 aliphatic rings. The summed E-state index contributed by atoms with van der Waals surface area (Å²) >= 11 is 1.69. The molecule has 0 atom stereocenters. The van der Waals surface area contributed by atoms with E-state index in [0.29, 0.717) is 25.6 Å². The van der Waals surface area contributed by atoms with E-state index in [4.69, 9.17) is 9.73 Å². The molecule has 0 saturated carbocycles. The molecule has 0 aliphatic heterocycles. The zero-order valence-corrected chi connectivity index (χ0v) is 21.2. The highest BCUT2D eigenvalue weighted by Gasteiger charge is 2.06. The maximum absolute atomic E-state index is 5.81. The van der Waals surface area contributed by atoms with Crippen molar-refractivity contribution in [2.75, 3.05) is 33.8 Å². The van der Waals surface area contributed by atoms with Gasteiger partial charge in [-0.15, -0.1) is 35.3 Å². The average Bonchev–Trinajstić information content (AvgIpc) is 3.13. The number of nitrogens with zero attached hydrogens (tertiary/aromatic N) is 3. The molecule has 0 bridgehead atoms. The summed E-state index contributed by atoms with van der Waals surface area (Å²) in [7, 11) is 4.08. The number of likely N-dealkylation sites (N-methyl/N-ethyl adjacent to an activating group) is 1. The molecule has 0 radical (unpaired) electrons. The molecular weight excluding hydrogens is 497 g/mol. The Balaban J connectivity index is 0.00000420. The second-order valence-corrected chi connectivity index (χ2v) is 8.11. The molecule has 0 amide bonds. The van der Waals surface area contributed by atoms with Crippen LogP contribution in [0.3, 0.4) is 0 Å². The van der Waals surface area contributed by atoms with Crippen molar-refractivity contribution in [3.05, 3.63) is 45.9 Å². The summed E-state index contributed by atoms with van der Waals surface area (Å²) in [6.07, 6.45) is 0. The van der Waals surface area contributed by atoms with E-state index >= 15 is 0 Å². The SMILES string of the molecule is CCNC(=NCc1cccc(OCCN(C)C)c1)NCc1nc(C(C)C)cs1.I. The van der Waals surface area contributed by atoms with Gasteiger partial charge in [0.1, 0.15) is 17.4 Å². The van der Waals surface area contributed by atoms with Crippen LogP contribution in [0.2, 0.25) is 0 Å². The summed E-state index contributed by atoms with van der Waals surface area (Å²) in [6.45, 7) is 10.0. The first-order valence-electron chi connectivity index (χ1n) is 9.81. The molecule has 1 aromatic heterocycles. The van der Waals surface area contributed by atoms with Crippen LogP contribution in [-0.4, -0.2) is 49.6 Å². The Hall–Kier alpha value is -1.39. The molecule has 8 heteroatoms. The number of thiazole rings is 1. The number of rotatable bonds is 10. The fourth-order valence-corrected chi connectivity index (χ4v) is 3.32. The topological polar surface area (TPSA) is 61.8 Å². The van der Waals surface area contributed by atoms with E-state index in [1.54, 1.807) is 11.3 Å². The Kier molecular flexibility index (Phi) is 12.2. The van der Waals surface area contributed by atoms with Gasteiger partial charge in [-0.25, -0.2) is 9.98 Å². The van der Waals surface area contributed by atoms with Crippen molar-refractivity contribution < 1.29 is 4.74 Å². The number of guanidine groups is 1. The molecule has 0 fully saturated rings. The summed E-state index contributed by atoms with van der Waals surface area (Å²) in [5.41, 5.74) is 2.27. The van der Waals surface area contributed by atoms with E-state index in [2.05, 4.69) is 58.8 Å². The highest BCUT2D eigenvalue weighted by atomic mass is 127. The highest BCUT2D eigenvalue weighted by Crippen LogP contribution is 2.17. The molecule has 0 saturated heterocycles. The van der Waals surface area contributed by atoms with Gasteiger partial charge in [0.15, 0.2) is 5.96 Å². The molecule has 1 heterocycles. The number of aromatic nitrogens is 1. The van der Waals surface area contributed by atoms with E-state index in [0.717, 1.165) is 41.1 Å². The number of halogens is 1. The molecule has 29 heavy (non-hydrogen) atoms. The van der Waals surface area contributed by atoms with Gasteiger partial charge in [0.25, 0.3) is 0 Å². The molecule has 0 unspecified atom stereocenters. The molecule has 2 aromatic rings. The van der Waals surface area contributed by atoms with Gasteiger partial charge in [-0.05, 0) is 44.6 Å². The average molecular weight is 532 g/mol. The van der Waals surface area contributed by atoms with Crippen LogP contribution in [0.25, 0.3) is 0 Å². The maximum Gasteiger partial charge on any atom is 0.191 e. The largest absolute Gasteiger partial charge is 0.492 e. The zero-order valence-electron chi connectivity index (χ0n) is 18.1. The van der Waals surface area contributed by atoms with Crippen LogP contribution >= 0.6 is 35.3 Å². The molecule has 162 valence electrons. The molecule has 2 N–H and O–H groups in total. The van der Waals surface area contributed by atoms with E-state index in [9.17, 15) is 0 Å². The fraction of sp³-hybridized carbons (Fsp3) is 0.524. The van der Waals surface area contributed by atoms with Crippen LogP contribution in [0, 0.1) is 0 Å². The highest BCUT2D eigenvalue weighted by molar-refractivity contribution is 14.0. The van der Waals surface area contributed by atoms with Crippen LogP contribution in [0.15, 0.2) is 34.6 Å². The smallest absolute Gasteiger partial charge is 0.191 e. The first-order valence-corrected chi connectivity index (χ1v) is 10.7. The minimum absolute atomic E-state index is 0. The lowest BCUT2D eigenvalue weighted by Gasteiger charge is -2.12. The number of benzene rings is 1. The minimum atomic E-state index is 0. The molecule has 0 aliphatic carbocycles. The summed E-state index contributed by atoms with van der Waals surface area (Å²) < 4.78 is 5.81. The minimum Gasteiger partial charge on any atom is -0.492 e. The monoisotopic (exact) mass is 531 g/mol. The van der Waals surface area contributed by atoms with Crippen molar-refractivity contribution in [2.24, 2.45) is 4.99 Å². The second-order valence-electron chi connectivity index (χ2n) is 7.17. The van der Waals surface area contributed by atoms with Crippen molar-refractivity contribution in [1.82, 2.24) is 20.5 Å². The van der Waals surface area contributed by atoms with E-state index in [-0.39, 0.29) is 24.0 Å². The quantitative estimate of drug-likeness (QED) is 0.275. The Morgan fingerprint density at radius 2 is 2.07 bits per heavy atom. The zero-order chi connectivity index (χ0) is 20.4. The lowest BCUT2D eigenvalue weighted by molar-refractivity contribution is 0.261. The second kappa shape index (κ2) is 13.8. The first-order chi connectivity index (χ1) is 13.5. The molecular formula is C21H34IN5OS. The van der Waals surface area contributed by atoms with Crippen molar-refractivity contribution in [1.29, 1.82) is 0 Å². The third kappa shape index (κ3) is 9.77. The third-order valence-corrected chi connectivity index (χ3v) is 4.90. The van der Waals surface area contributed by atoms with Crippen molar-refractivity contribution in [2.45, 2.75) is 39.8 Å². The van der Waals surface area contributed by atoms with Gasteiger partial charge in [-0.1, -0.05) is 26.0 Å². The van der Waals surface area contributed by atoms with Gasteiger partial charge in [0.2, 0.25) is 0 Å². The molecule has 1 aromatic carbocycles. The van der Waals surface area contributed by atoms with Crippen LogP contribution in [0.4, 0.5) is 0 Å². The molecule has 2 rings (SSSR count). The summed E-state index contributed by atoms with van der Waals surface area (Å²) in [6, 6.07) is 8.13. The molecule has 0 spiro atoms. The van der Waals surface area contributed by atoms with Crippen LogP contribution in [0.5, 0.6) is 5.75 Å². The van der Waals surface area contributed by atoms with Crippen LogP contribution < -0.4 is 15.4 Å². The first kappa shape index (κ1) is 25.6. The molecule has 6 nitrogen and oxygen atoms in total. The van der Waals surface area contributed by atoms with Crippen LogP contribution in [0.1, 0.15) is 43.0 Å². The van der Waals surface area contributed by atoms with Gasteiger partial charge in [0, 0.05) is 18.5 Å². The Labute approximate surface area is 196 Å². The number of ether oxygens (including phenoxy) is 1. The van der Waals surface area contributed by atoms with Crippen molar-refractivity contribution >= 4 is 41.3 Å². The van der Waals surface area contributed by atoms with Gasteiger partial charge < -0.3 is 20.3 Å². The Bertz CT molecular complexity index is 748. The Morgan fingerprint density at radius 3 is 2.72 bits per heavy atom. The van der Waals surface area contributed by atoms with Gasteiger partial charge >= 0.3 is 0 Å². The van der Waals surface area contributed by atoms with E-state index < -0.39 is 0 Å². The predicted molar refractivity (Wildman–Crippen MR) is 134 cm³/mol. The summed E-state index contributed by atoms with van der Waals surface area (Å²) in [4.78, 5) is 11.5. The fourth-order valence-electron chi connectivity index (χ4n) is 2.42. The van der Waals surface area contributed by atoms with E-state index in [1.807, 2.05) is 26.2 Å². The van der Waals surface area contributed by atoms with Crippen molar-refractivity contribution in [3.8, 4) is 5.75 Å². The van der Waals surface area contributed by atoms with Crippen molar-refractivity contribution in [3.63, 3.8) is 0 Å². The number of nitrogens with one attached hydrogen (secondary N) is 2. The normalized spacial score (nSPS) is 11.5. The van der Waals surface area contributed by atoms with Gasteiger partial charge in [-0.3, -0.25) is 0 Å². The standard InChI is InChI=1S/C21H33N5OS.HI/c1-6-22-21(24-14-20-25-19(15-28-20)16(2)3)23-13-17-8-7-9-18(12-17)27-11-10-26(4)5;/h7-9,12,15-16H,6,10-11,13-14H2,1-5H3,(H2,22,23,24);1H. The lowest BCUT2D eigenvalue weighted by atomic mass is 10.2. The van der Waals surface area contributed by atoms with Gasteiger partial charge in [0.05, 0.1) is 18.8 Å². The van der Waals surface area contributed by atoms with E-state index in [1.165, 1.54) is 0 Å². The number of aliphatic imine (C=N–C) groups is 1.